The molecule has 0 radical (unpaired) electrons. The number of aliphatic hydroxyl groups is 1. The van der Waals surface area contributed by atoms with E-state index in [1.54, 1.807) is 20.8 Å². The molecule has 3 amide bonds. The number of amides is 3. The molecule has 3 aromatic rings. The predicted octanol–water partition coefficient (Wildman–Crippen LogP) is 3.67. The van der Waals surface area contributed by atoms with Crippen molar-refractivity contribution in [3.05, 3.63) is 42.4 Å². The number of rotatable bonds is 16. The van der Waals surface area contributed by atoms with Crippen molar-refractivity contribution in [2.75, 3.05) is 149 Å². The van der Waals surface area contributed by atoms with E-state index < -0.39 is 35.3 Å². The summed E-state index contributed by atoms with van der Waals surface area (Å²) in [6.45, 7) is 19.4. The molecule has 6 fully saturated rings. The first-order chi connectivity index (χ1) is 35.3. The fraction of sp³-hybridized carbons (Fsp3) is 0.673. The van der Waals surface area contributed by atoms with Crippen molar-refractivity contribution in [2.24, 2.45) is 11.3 Å². The number of hydrogen-bond acceptors (Lipinski definition) is 18. The van der Waals surface area contributed by atoms with E-state index in [0.29, 0.717) is 53.1 Å². The number of esters is 1. The molecule has 1 atom stereocenters. The molecule has 7 aliphatic rings. The van der Waals surface area contributed by atoms with Crippen LogP contribution in [-0.2, 0) is 31.9 Å². The molecule has 21 heteroatoms. The number of urea groups is 1. The number of ether oxygens (including phenoxy) is 2. The monoisotopic (exact) mass is 1030 g/mol. The molecule has 0 spiro atoms. The van der Waals surface area contributed by atoms with E-state index in [1.807, 2.05) is 36.7 Å². The number of likely N-dealkylation sites (tertiary alicyclic amines) is 1. The Balaban J connectivity index is 0.596. The first-order valence-corrected chi connectivity index (χ1v) is 28.1. The van der Waals surface area contributed by atoms with Crippen LogP contribution in [0.3, 0.4) is 0 Å². The highest BCUT2D eigenvalue weighted by Crippen LogP contribution is 2.39. The number of imide groups is 1. The molecule has 0 unspecified atom stereocenters. The molecule has 8 heterocycles. The zero-order valence-electron chi connectivity index (χ0n) is 43.1. The molecule has 10 rings (SSSR count). The second kappa shape index (κ2) is 22.4. The molecule has 6 aliphatic heterocycles. The van der Waals surface area contributed by atoms with Crippen LogP contribution < -0.4 is 29.7 Å². The van der Waals surface area contributed by atoms with Gasteiger partial charge in [0.25, 0.3) is 0 Å². The number of nitrogens with zero attached hydrogens (tertiary/aromatic N) is 12. The molecular formula is C52H75N13O7S. The summed E-state index contributed by atoms with van der Waals surface area (Å²) >= 11 is -1.12. The number of piperidine rings is 2. The van der Waals surface area contributed by atoms with Crippen LogP contribution in [0.15, 0.2) is 41.6 Å². The van der Waals surface area contributed by atoms with Crippen LogP contribution in [0.2, 0.25) is 0 Å². The minimum absolute atomic E-state index is 0.0379. The number of carbonyl (C=O) groups excluding carboxylic acids is 3. The van der Waals surface area contributed by atoms with Gasteiger partial charge in [-0.05, 0) is 120 Å². The zero-order chi connectivity index (χ0) is 50.7. The summed E-state index contributed by atoms with van der Waals surface area (Å²) < 4.78 is 24.3. The van der Waals surface area contributed by atoms with Crippen molar-refractivity contribution in [1.82, 2.24) is 39.5 Å². The van der Waals surface area contributed by atoms with Crippen molar-refractivity contribution >= 4 is 58.2 Å². The van der Waals surface area contributed by atoms with Gasteiger partial charge >= 0.3 is 12.0 Å². The van der Waals surface area contributed by atoms with E-state index in [9.17, 15) is 24.0 Å². The summed E-state index contributed by atoms with van der Waals surface area (Å²) in [6.07, 6.45) is 12.4. The number of fused-ring (bicyclic) bond motifs is 1. The van der Waals surface area contributed by atoms with Gasteiger partial charge in [0, 0.05) is 110 Å². The van der Waals surface area contributed by atoms with Crippen LogP contribution in [0.25, 0.3) is 0 Å². The highest BCUT2D eigenvalue weighted by Gasteiger charge is 2.41. The lowest BCUT2D eigenvalue weighted by atomic mass is 9.77. The Morgan fingerprint density at radius 3 is 2.14 bits per heavy atom. The van der Waals surface area contributed by atoms with Gasteiger partial charge in [0.2, 0.25) is 22.7 Å². The van der Waals surface area contributed by atoms with Gasteiger partial charge < -0.3 is 44.0 Å². The highest BCUT2D eigenvalue weighted by molar-refractivity contribution is 7.91. The largest absolute Gasteiger partial charge is 0.611 e. The van der Waals surface area contributed by atoms with Crippen LogP contribution in [0.1, 0.15) is 77.8 Å². The number of aliphatic hydroxyl groups excluding tert-OH is 1. The van der Waals surface area contributed by atoms with Crippen molar-refractivity contribution in [2.45, 2.75) is 95.0 Å². The molecule has 2 N–H and O–H groups in total. The SMILES string of the molecule is CC(C)(C)C(=O)OCN1C(=O)CCN(c2ccc(OCCN3CCC(N4CCN(CC5CCN(c6cnc(N7CCN(c8nc9c(c(NC%10(CO)CCC%10)n8)[S@+]([O-])CC9)CC7)nc6)CC5)CC4)CC3)cc2)C1=O. The number of benzene rings is 1. The molecular weight excluding hydrogens is 951 g/mol. The summed E-state index contributed by atoms with van der Waals surface area (Å²) in [5.41, 5.74) is 1.51. The van der Waals surface area contributed by atoms with Gasteiger partial charge in [0.05, 0.1) is 35.6 Å². The Morgan fingerprint density at radius 2 is 1.49 bits per heavy atom. The fourth-order valence-corrected chi connectivity index (χ4v) is 12.6. The molecule has 73 heavy (non-hydrogen) atoms. The Bertz CT molecular complexity index is 2370. The smallest absolute Gasteiger partial charge is 0.333 e. The summed E-state index contributed by atoms with van der Waals surface area (Å²) in [7, 11) is 0. The number of piperazine rings is 2. The Morgan fingerprint density at radius 1 is 0.808 bits per heavy atom. The quantitative estimate of drug-likeness (QED) is 0.155. The standard InChI is InChI=1S/C52H75N13O7S/c1-51(2,3)47(68)72-37-65-44(67)13-21-64(50(65)69)40-5-7-42(8-6-40)71-31-30-58-17-11-39(12-18-58)61-24-22-59(23-25-61)35-38-9-19-60(20-10-38)41-33-53-48(54-34-41)62-26-28-63(29-27-62)49-55-43-14-32-73(70)45(43)46(56-49)57-52(36-66)15-4-16-52/h5-8,33-34,38-39,66H,4,9-32,35-37H2,1-3H3,(H,55,56,57)/t73-/m1/s1. The van der Waals surface area contributed by atoms with Crippen LogP contribution in [0.5, 0.6) is 5.75 Å². The van der Waals surface area contributed by atoms with Crippen molar-refractivity contribution < 1.29 is 33.5 Å². The summed E-state index contributed by atoms with van der Waals surface area (Å²) in [6, 6.07) is 7.51. The topological polar surface area (TPSA) is 202 Å². The minimum Gasteiger partial charge on any atom is -0.611 e. The van der Waals surface area contributed by atoms with E-state index in [-0.39, 0.29) is 31.0 Å². The van der Waals surface area contributed by atoms with Gasteiger partial charge in [0.15, 0.2) is 12.5 Å². The predicted molar refractivity (Wildman–Crippen MR) is 280 cm³/mol. The Hall–Kier alpha value is -5.06. The maximum absolute atomic E-state index is 13.2. The molecule has 2 aromatic heterocycles. The molecule has 5 saturated heterocycles. The maximum atomic E-state index is 13.2. The third-order valence-corrected chi connectivity index (χ3v) is 17.7. The Kier molecular flexibility index (Phi) is 15.8. The number of anilines is 5. The average molecular weight is 1030 g/mol. The second-order valence-electron chi connectivity index (χ2n) is 22.1. The van der Waals surface area contributed by atoms with E-state index in [4.69, 9.17) is 29.4 Å². The first kappa shape index (κ1) is 51.4. The number of carbonyl (C=O) groups is 3. The maximum Gasteiger partial charge on any atom is 0.333 e. The lowest BCUT2D eigenvalue weighted by Crippen LogP contribution is -2.54. The van der Waals surface area contributed by atoms with Gasteiger partial charge in [-0.25, -0.2) is 24.6 Å². The van der Waals surface area contributed by atoms with Crippen molar-refractivity contribution in [3.8, 4) is 5.75 Å². The number of aryl methyl sites for hydroxylation is 1. The zero-order valence-corrected chi connectivity index (χ0v) is 43.9. The molecule has 20 nitrogen and oxygen atoms in total. The van der Waals surface area contributed by atoms with Crippen LogP contribution >= 0.6 is 0 Å². The molecule has 1 aromatic carbocycles. The highest BCUT2D eigenvalue weighted by atomic mass is 32.2. The van der Waals surface area contributed by atoms with E-state index in [0.717, 1.165) is 132 Å². The van der Waals surface area contributed by atoms with Gasteiger partial charge in [-0.15, -0.1) is 0 Å². The van der Waals surface area contributed by atoms with Gasteiger partial charge in [-0.3, -0.25) is 24.3 Å². The Labute approximate surface area is 432 Å². The second-order valence-corrected chi connectivity index (χ2v) is 23.6. The molecule has 0 bridgehead atoms. The number of hydrogen-bond donors (Lipinski definition) is 2. The normalized spacial score (nSPS) is 22.9. The summed E-state index contributed by atoms with van der Waals surface area (Å²) in [5.74, 6) is 3.22. The van der Waals surface area contributed by atoms with E-state index in [2.05, 4.69) is 34.7 Å². The molecule has 1 saturated carbocycles. The van der Waals surface area contributed by atoms with Crippen LogP contribution in [-0.4, -0.2) is 203 Å². The average Bonchev–Trinajstić information content (AvgIpc) is 3.78. The summed E-state index contributed by atoms with van der Waals surface area (Å²) in [5, 5.41) is 13.6. The third kappa shape index (κ3) is 11.9. The lowest BCUT2D eigenvalue weighted by molar-refractivity contribution is -0.158. The third-order valence-electron chi connectivity index (χ3n) is 16.2. The van der Waals surface area contributed by atoms with Crippen LogP contribution in [0.4, 0.5) is 33.9 Å². The first-order valence-electron chi connectivity index (χ1n) is 26.8. The van der Waals surface area contributed by atoms with Gasteiger partial charge in [0.1, 0.15) is 23.8 Å². The van der Waals surface area contributed by atoms with Crippen molar-refractivity contribution in [1.29, 1.82) is 0 Å². The fourth-order valence-electron chi connectivity index (χ4n) is 11.3. The lowest BCUT2D eigenvalue weighted by Gasteiger charge is -2.44. The molecule has 1 aliphatic carbocycles. The van der Waals surface area contributed by atoms with Crippen LogP contribution in [0, 0.1) is 11.3 Å². The van der Waals surface area contributed by atoms with Gasteiger partial charge in [-0.2, -0.15) is 4.98 Å². The van der Waals surface area contributed by atoms with Crippen molar-refractivity contribution in [3.63, 3.8) is 0 Å². The minimum atomic E-state index is -1.12. The molecule has 396 valence electrons. The van der Waals surface area contributed by atoms with E-state index >= 15 is 0 Å². The van der Waals surface area contributed by atoms with Gasteiger partial charge in [-0.1, -0.05) is 0 Å². The summed E-state index contributed by atoms with van der Waals surface area (Å²) in [4.78, 5) is 75.4. The number of nitrogens with one attached hydrogen (secondary N) is 1. The van der Waals surface area contributed by atoms with E-state index in [1.165, 1.54) is 37.1 Å². The number of aromatic nitrogens is 4.